The molecular formula is C127H210O7Si2. The zero-order chi connectivity index (χ0) is 101. The van der Waals surface area contributed by atoms with Crippen LogP contribution in [0.15, 0.2) is 190 Å². The van der Waals surface area contributed by atoms with Gasteiger partial charge in [0.2, 0.25) is 0 Å². The highest BCUT2D eigenvalue weighted by atomic mass is 28.4. The van der Waals surface area contributed by atoms with Gasteiger partial charge in [0.15, 0.2) is 16.6 Å². The first-order valence-corrected chi connectivity index (χ1v) is 61.8. The van der Waals surface area contributed by atoms with Crippen molar-refractivity contribution in [1.82, 2.24) is 0 Å². The molecule has 0 aromatic heterocycles. The Hall–Kier alpha value is -4.01. The van der Waals surface area contributed by atoms with Crippen LogP contribution in [0.2, 0.25) is 36.3 Å². The zero-order valence-electron chi connectivity index (χ0n) is 93.5. The van der Waals surface area contributed by atoms with Crippen LogP contribution in [-0.2, 0) is 8.85 Å². The molecule has 12 rings (SSSR count). The van der Waals surface area contributed by atoms with E-state index in [2.05, 4.69) is 287 Å². The highest BCUT2D eigenvalue weighted by Gasteiger charge is 2.56. The van der Waals surface area contributed by atoms with Gasteiger partial charge in [-0.1, -0.05) is 347 Å². The van der Waals surface area contributed by atoms with Crippen LogP contribution in [0.1, 0.15) is 404 Å². The first kappa shape index (κ1) is 116. The molecule has 9 heteroatoms. The molecule has 0 aromatic carbocycles. The van der Waals surface area contributed by atoms with Gasteiger partial charge in [-0.15, -0.1) is 0 Å². The van der Waals surface area contributed by atoms with Crippen molar-refractivity contribution >= 4 is 16.6 Å². The van der Waals surface area contributed by atoms with Crippen LogP contribution in [0.25, 0.3) is 0 Å². The molecule has 4 unspecified atom stereocenters. The normalized spacial score (nSPS) is 36.1. The van der Waals surface area contributed by atoms with Crippen molar-refractivity contribution in [3.63, 3.8) is 0 Å². The lowest BCUT2D eigenvalue weighted by Gasteiger charge is -2.44. The monoisotopic (exact) mass is 1900 g/mol. The summed E-state index contributed by atoms with van der Waals surface area (Å²) < 4.78 is 13.8. The summed E-state index contributed by atoms with van der Waals surface area (Å²) in [5.41, 5.74) is 19.9. The molecule has 0 heterocycles. The van der Waals surface area contributed by atoms with Crippen LogP contribution < -0.4 is 0 Å². The van der Waals surface area contributed by atoms with Crippen molar-refractivity contribution in [2.75, 3.05) is 0 Å². The summed E-state index contributed by atoms with van der Waals surface area (Å²) in [5.74, 6) is 11.9. The van der Waals surface area contributed by atoms with Crippen LogP contribution in [-0.4, -0.2) is 84.4 Å². The van der Waals surface area contributed by atoms with Crippen LogP contribution in [0.3, 0.4) is 0 Å². The molecule has 12 aliphatic rings. The maximum absolute atomic E-state index is 10.3. The lowest BCUT2D eigenvalue weighted by molar-refractivity contribution is 0.0596. The summed E-state index contributed by atoms with van der Waals surface area (Å²) >= 11 is 0. The third-order valence-electron chi connectivity index (χ3n) is 39.6. The fraction of sp³-hybridized carbons (Fsp3) is 0.748. The minimum Gasteiger partial charge on any atom is -0.406 e. The highest BCUT2D eigenvalue weighted by molar-refractivity contribution is 6.74. The second-order valence-electron chi connectivity index (χ2n) is 54.2. The Bertz CT molecular complexity index is 4400. The van der Waals surface area contributed by atoms with Gasteiger partial charge in [0.25, 0.3) is 0 Å². The second-order valence-corrected chi connectivity index (χ2v) is 63.7. The fourth-order valence-corrected chi connectivity index (χ4v) is 31.0. The third kappa shape index (κ3) is 28.0. The summed E-state index contributed by atoms with van der Waals surface area (Å²) in [7, 11) is -3.84. The zero-order valence-corrected chi connectivity index (χ0v) is 95.5. The standard InChI is InChI=1S/C36H62OSi.C35H60OSi.C28H44O3.C28H44O2/c1-25(16-14-22-34(5,6)7)31-20-21-32-29(17-15-23-36(31,32)11)18-19-30-24-26(2)27(3)33(28(30)4)37-38(12,13)35(8,9)10;1-24(2)15-13-16-25(3)31-20-21-32-29(17-14-22-35(31,32)10)18-19-30-23-26(4)27(5)33(28(30)6)36-37(11,12)34(7,8)9;1-18(9-7-15-27(4,5)31)23-13-14-24-21(10-8-16-28(23,24)6)11-12-22-17-25(29)20(3)26(30)19(22)2;1-18(2)9-7-10-19(3)24-14-15-25-22(11-8-16-28(24,25)6)12-13-23-17-26(29)21(5)27(30)20(23)4/h18-19,25-26,31-33H,3-4,14-17,20-24H2,1-2,5-13H3;18-19,24-26,31-33H,5-6,13-17,20-23H2,1-4,7-12H3;11-12,18,23-26,29-31H,2-3,7-10,13-17H2,1,4-6H3;12-13,18-19,24-27,29-30H,4-5,7-11,14-17H2,1-3,6H3/b2*29-18+,30-19-;21-11+,22-12-;22-12+,23-13-/t25?,26-,31-,32+,33+,36-;25?,26-,31-,32+,33+,35-;18?,23-,24+,25-,26-,28-;19?,24-,25+,26-,27-,28-/m1111/s1. The average molecular weight is 1910 g/mol. The molecule has 12 saturated carbocycles. The van der Waals surface area contributed by atoms with E-state index in [1.807, 2.05) is 13.8 Å². The van der Waals surface area contributed by atoms with E-state index in [1.165, 1.54) is 214 Å². The summed E-state index contributed by atoms with van der Waals surface area (Å²) in [4.78, 5) is 0. The van der Waals surface area contributed by atoms with Gasteiger partial charge in [0.05, 0.1) is 30.0 Å². The lowest BCUT2D eigenvalue weighted by Crippen LogP contribution is -2.46. The number of allylic oxidation sites excluding steroid dienone is 12. The Morgan fingerprint density at radius 2 is 0.610 bits per heavy atom. The molecule has 5 N–H and O–H groups in total. The van der Waals surface area contributed by atoms with Gasteiger partial charge in [-0.3, -0.25) is 0 Å². The SMILES string of the molecule is C=C1/C(=C\C=C2/CCC[C@]3(C)[C@@H](C(C)CCCC(C)(C)C)CC[C@@H]23)C[C@@H](C)C(=C)[C@@H]1O[Si](C)(C)C(C)(C)C.C=C1/C(=C\C=C2/CCC[C@]3(C)[C@@H](C(C)CCCC(C)(C)O)CC[C@@H]23)C[C@@H](O)C(=C)[C@@H]1O.C=C1/C(=C\C=C2/CCC[C@]3(C)[C@@H](C(C)CCCC(C)C)CC[C@@H]23)C[C@@H](C)C(=C)[C@@H]1O[Si](C)(C)C(C)(C)C.C=C1/C(=C\C=C2/CCC[C@]3(C)[C@@H](C(C)CCCC(C)C)CC[C@@H]23)C[C@@H](O)C(=C)[C@@H]1O. The molecule has 7 nitrogen and oxygen atoms in total. The molecule has 768 valence electrons. The molecule has 0 radical (unpaired) electrons. The molecule has 12 aliphatic carbocycles. The van der Waals surface area contributed by atoms with Crippen molar-refractivity contribution in [3.8, 4) is 0 Å². The van der Waals surface area contributed by atoms with Crippen molar-refractivity contribution in [1.29, 1.82) is 0 Å². The first-order valence-electron chi connectivity index (χ1n) is 55.9. The maximum Gasteiger partial charge on any atom is 0.193 e. The molecule has 0 bridgehead atoms. The molecule has 0 saturated heterocycles. The number of aliphatic hydroxyl groups excluding tert-OH is 4. The van der Waals surface area contributed by atoms with E-state index >= 15 is 0 Å². The van der Waals surface area contributed by atoms with Crippen LogP contribution in [0.4, 0.5) is 0 Å². The predicted molar refractivity (Wildman–Crippen MR) is 593 cm³/mol. The van der Waals surface area contributed by atoms with Crippen LogP contribution in [0, 0.1) is 122 Å². The van der Waals surface area contributed by atoms with Crippen molar-refractivity contribution in [2.24, 2.45) is 122 Å². The molecule has 24 atom stereocenters. The quantitative estimate of drug-likeness (QED) is 0.0411. The number of hydrogen-bond donors (Lipinski definition) is 5. The summed E-state index contributed by atoms with van der Waals surface area (Å²) in [6.07, 6.45) is 60.6. The van der Waals surface area contributed by atoms with Gasteiger partial charge in [0.1, 0.15) is 12.2 Å². The smallest absolute Gasteiger partial charge is 0.193 e. The van der Waals surface area contributed by atoms with E-state index in [-0.39, 0.29) is 22.3 Å². The van der Waals surface area contributed by atoms with E-state index in [4.69, 9.17) is 8.85 Å². The minimum absolute atomic E-state index is 0.0338. The predicted octanol–water partition coefficient (Wildman–Crippen LogP) is 35.1. The molecule has 136 heavy (non-hydrogen) atoms. The van der Waals surface area contributed by atoms with E-state index in [1.54, 1.807) is 16.7 Å². The fourth-order valence-electron chi connectivity index (χ4n) is 28.5. The summed E-state index contributed by atoms with van der Waals surface area (Å²) in [5, 5.41) is 51.4. The van der Waals surface area contributed by atoms with Crippen molar-refractivity contribution < 1.29 is 34.4 Å². The molecule has 0 spiro atoms. The molecule has 12 fully saturated rings. The summed E-state index contributed by atoms with van der Waals surface area (Å²) in [6, 6.07) is 0. The van der Waals surface area contributed by atoms with E-state index in [0.29, 0.717) is 91.8 Å². The maximum atomic E-state index is 10.3. The average Bonchev–Trinajstić information content (AvgIpc) is 1.57. The minimum atomic E-state index is -1.92. The molecule has 0 aromatic rings. The van der Waals surface area contributed by atoms with Gasteiger partial charge in [-0.2, -0.15) is 0 Å². The van der Waals surface area contributed by atoms with E-state index in [9.17, 15) is 25.5 Å². The Balaban J connectivity index is 0.000000204. The van der Waals surface area contributed by atoms with Crippen LogP contribution >= 0.6 is 0 Å². The van der Waals surface area contributed by atoms with Gasteiger partial charge >= 0.3 is 0 Å². The number of aliphatic hydroxyl groups is 5. The van der Waals surface area contributed by atoms with Crippen molar-refractivity contribution in [3.05, 3.63) is 190 Å². The molecule has 0 amide bonds. The van der Waals surface area contributed by atoms with Gasteiger partial charge in [-0.05, 0) is 393 Å². The van der Waals surface area contributed by atoms with E-state index < -0.39 is 46.7 Å². The number of hydrogen-bond acceptors (Lipinski definition) is 7. The van der Waals surface area contributed by atoms with Gasteiger partial charge < -0.3 is 34.4 Å². The Kier molecular flexibility index (Phi) is 40.3. The Morgan fingerprint density at radius 1 is 0.353 bits per heavy atom. The lowest BCUT2D eigenvalue weighted by atomic mass is 9.60. The number of fused-ring (bicyclic) bond motifs is 4. The van der Waals surface area contributed by atoms with Crippen molar-refractivity contribution in [2.45, 2.75) is 483 Å². The number of rotatable bonds is 27. The molecule has 0 aliphatic heterocycles. The first-order chi connectivity index (χ1) is 63.0. The Morgan fingerprint density at radius 3 is 0.860 bits per heavy atom. The van der Waals surface area contributed by atoms with Gasteiger partial charge in [-0.25, -0.2) is 0 Å². The highest BCUT2D eigenvalue weighted by Crippen LogP contribution is 2.65. The Labute approximate surface area is 840 Å². The second kappa shape index (κ2) is 47.4. The third-order valence-corrected chi connectivity index (χ3v) is 48.4. The largest absolute Gasteiger partial charge is 0.406 e. The van der Waals surface area contributed by atoms with E-state index in [0.717, 1.165) is 119 Å². The topological polar surface area (TPSA) is 120 Å². The van der Waals surface area contributed by atoms with Gasteiger partial charge in [0, 0.05) is 12.8 Å². The van der Waals surface area contributed by atoms with Crippen LogP contribution in [0.5, 0.6) is 0 Å². The summed E-state index contributed by atoms with van der Waals surface area (Å²) in [6.45, 7) is 103. The molecular weight excluding hydrogens is 1690 g/mol.